The second-order valence-electron chi connectivity index (χ2n) is 12.2. The number of hydrogen-bond donors (Lipinski definition) is 4. The van der Waals surface area contributed by atoms with E-state index in [1.165, 1.54) is 11.1 Å². The highest BCUT2D eigenvalue weighted by molar-refractivity contribution is 6.33. The minimum atomic E-state index is 0.405. The summed E-state index contributed by atoms with van der Waals surface area (Å²) in [5, 5.41) is 66.1. The van der Waals surface area contributed by atoms with Gasteiger partial charge in [-0.05, 0) is 110 Å². The van der Waals surface area contributed by atoms with E-state index in [1.54, 1.807) is 19.4 Å². The number of ether oxygens (including phenoxy) is 2. The molecule has 0 atom stereocenters. The molecule has 322 valence electrons. The van der Waals surface area contributed by atoms with Crippen molar-refractivity contribution in [3.05, 3.63) is 53.3 Å². The second kappa shape index (κ2) is 24.7. The molecule has 0 aliphatic carbocycles. The van der Waals surface area contributed by atoms with Crippen LogP contribution in [0.3, 0.4) is 0 Å². The number of rotatable bonds is 18. The van der Waals surface area contributed by atoms with E-state index in [9.17, 15) is 0 Å². The number of nitrogen functional groups attached to an aromatic ring is 1. The average molecular weight is 873 g/mol. The van der Waals surface area contributed by atoms with Gasteiger partial charge in [0, 0.05) is 88.6 Å². The lowest BCUT2D eigenvalue weighted by atomic mass is 10.0. The first-order valence-electron chi connectivity index (χ1n) is 17.9. The van der Waals surface area contributed by atoms with Crippen LogP contribution in [0.2, 0.25) is 5.02 Å². The van der Waals surface area contributed by atoms with Gasteiger partial charge in [-0.2, -0.15) is 5.53 Å². The van der Waals surface area contributed by atoms with Crippen LogP contribution in [0.25, 0.3) is 22.2 Å². The van der Waals surface area contributed by atoms with Crippen molar-refractivity contribution < 1.29 is 9.47 Å². The first-order valence-corrected chi connectivity index (χ1v) is 18.3. The van der Waals surface area contributed by atoms with E-state index in [-0.39, 0.29) is 0 Å². The summed E-state index contributed by atoms with van der Waals surface area (Å²) in [5.74, 6) is 6.19. The molecule has 0 spiro atoms. The summed E-state index contributed by atoms with van der Waals surface area (Å²) in [6.07, 6.45) is 5.99. The molecule has 33 heteroatoms. The smallest absolute Gasteiger partial charge is 0.227 e. The van der Waals surface area contributed by atoms with Gasteiger partial charge in [0.05, 0.1) is 40.9 Å². The summed E-state index contributed by atoms with van der Waals surface area (Å²) in [4.78, 5) is 14.0. The number of nitrogens with zero attached hydrogens (tertiary/aromatic N) is 26. The van der Waals surface area contributed by atoms with E-state index >= 15 is 0 Å². The summed E-state index contributed by atoms with van der Waals surface area (Å²) < 4.78 is 14.0. The molecule has 62 heavy (non-hydrogen) atoms. The van der Waals surface area contributed by atoms with Crippen molar-refractivity contribution >= 4 is 39.8 Å². The fraction of sp³-hybridized carbons (Fsp3) is 0.379. The van der Waals surface area contributed by atoms with Gasteiger partial charge in [0.2, 0.25) is 5.95 Å². The lowest BCUT2D eigenvalue weighted by Gasteiger charge is -2.32. The van der Waals surface area contributed by atoms with Crippen molar-refractivity contribution in [2.45, 2.75) is 19.4 Å². The van der Waals surface area contributed by atoms with Crippen molar-refractivity contribution in [1.82, 2.24) is 24.3 Å². The quantitative estimate of drug-likeness (QED) is 0.0323. The van der Waals surface area contributed by atoms with Gasteiger partial charge in [0.1, 0.15) is 18.1 Å². The van der Waals surface area contributed by atoms with Crippen molar-refractivity contribution in [3.63, 3.8) is 0 Å². The van der Waals surface area contributed by atoms with Gasteiger partial charge in [-0.15, -0.1) is 0 Å². The number of nitrogens with one attached hydrogen (secondary N) is 2. The molecule has 4 heterocycles. The van der Waals surface area contributed by atoms with E-state index in [2.05, 4.69) is 172 Å². The van der Waals surface area contributed by atoms with Crippen LogP contribution in [0.1, 0.15) is 12.0 Å². The number of anilines is 3. The molecular weight excluding hydrogens is 836 g/mol. The predicted molar refractivity (Wildman–Crippen MR) is 214 cm³/mol. The second-order valence-corrected chi connectivity index (χ2v) is 12.6. The zero-order valence-electron chi connectivity index (χ0n) is 32.9. The van der Waals surface area contributed by atoms with Gasteiger partial charge in [-0.25, -0.2) is 9.97 Å². The summed E-state index contributed by atoms with van der Waals surface area (Å²) in [5.41, 5.74) is 18.1. The summed E-state index contributed by atoms with van der Waals surface area (Å²) in [7, 11) is 3.77. The van der Waals surface area contributed by atoms with Gasteiger partial charge in [-0.3, -0.25) is 4.90 Å². The predicted octanol–water partition coefficient (Wildman–Crippen LogP) is 8.22. The normalized spacial score (nSPS) is 15.4. The van der Waals surface area contributed by atoms with Crippen LogP contribution in [0, 0.1) is 5.53 Å². The highest BCUT2D eigenvalue weighted by atomic mass is 35.5. The Morgan fingerprint density at radius 3 is 2.02 bits per heavy atom. The molecule has 2 aliphatic rings. The number of halogens is 1. The third kappa shape index (κ3) is 13.7. The number of nitrogens with two attached hydrogens (primary N) is 2. The number of hydrogen-bond acceptors (Lipinski definition) is 10. The lowest BCUT2D eigenvalue weighted by Crippen LogP contribution is -2.45. The van der Waals surface area contributed by atoms with Crippen LogP contribution in [-0.4, -0.2) is 77.8 Å². The molecule has 6 N–H and O–H groups in total. The monoisotopic (exact) mass is 872 g/mol. The maximum atomic E-state index is 6.63. The fourth-order valence-electron chi connectivity index (χ4n) is 5.85. The standard InChI is InChI=1S/C29H34ClN7O2.H3N23/c1-35-9-11-36(12-10-35)13-14-39-25-16-26(38-2)24(15-23(25)31)33-29-32-17-22(30)27(34-29)21-18-37-8-4-6-19-5-3-7-20(21)28(19)37;1-3-5-7-9-11-13-15-17-19-21-23-22-20-18-16-14-12-10-8-6-4-2/h3,5,7,15-18H,4,6,8-14,31H2,1-2H3,(H,32,33,34);(H3,1,2,5,6,9,10,13,14,17,18,21,22). The first-order chi connectivity index (χ1) is 30.4. The van der Waals surface area contributed by atoms with Gasteiger partial charge < -0.3 is 35.8 Å². The molecule has 0 radical (unpaired) electrons. The van der Waals surface area contributed by atoms with Gasteiger partial charge in [0.25, 0.3) is 0 Å². The Morgan fingerprint density at radius 2 is 1.42 bits per heavy atom. The van der Waals surface area contributed by atoms with Crippen molar-refractivity contribution in [3.8, 4) is 22.8 Å². The van der Waals surface area contributed by atoms with E-state index in [1.807, 2.05) is 6.07 Å². The number of aromatic nitrogens is 3. The third-order valence-electron chi connectivity index (χ3n) is 8.48. The van der Waals surface area contributed by atoms with E-state index in [0.29, 0.717) is 46.1 Å². The molecule has 0 amide bonds. The molecule has 2 aliphatic heterocycles. The zero-order chi connectivity index (χ0) is 43.8. The fourth-order valence-corrected chi connectivity index (χ4v) is 6.05. The average Bonchev–Trinajstić information content (AvgIpc) is 3.66. The topological polar surface area (TPSA) is 403 Å². The molecule has 1 saturated heterocycles. The number of para-hydroxylation sites is 1. The first kappa shape index (κ1) is 45.0. The molecule has 2 aromatic carbocycles. The highest BCUT2D eigenvalue weighted by Crippen LogP contribution is 2.39. The highest BCUT2D eigenvalue weighted by Gasteiger charge is 2.21. The molecule has 4 aromatic rings. The molecule has 6 rings (SSSR count). The SMILES string of the molecule is COc1cc(OCCN2CCN(C)CC2)c(N)cc1Nc1ncc(Cl)c(-c2cn3c4c(cccc24)CCC3)n1.N=N/N=N/N=N/N=N/N=N/N=N/N=N/N=N/N=N/N=N/N=N/N. The molecule has 1 fully saturated rings. The third-order valence-corrected chi connectivity index (χ3v) is 8.76. The Hall–Kier alpha value is -8.13. The number of aryl methyl sites for hydroxylation is 2. The summed E-state index contributed by atoms with van der Waals surface area (Å²) in [6.45, 7) is 6.65. The number of methoxy groups -OCH3 is 1. The Balaban J connectivity index is 0.000000272. The largest absolute Gasteiger partial charge is 0.494 e. The van der Waals surface area contributed by atoms with E-state index in [4.69, 9.17) is 37.3 Å². The summed E-state index contributed by atoms with van der Waals surface area (Å²) >= 11 is 6.63. The molecule has 0 saturated carbocycles. The molecule has 2 aromatic heterocycles. The Bertz CT molecular complexity index is 2400. The van der Waals surface area contributed by atoms with E-state index in [0.717, 1.165) is 63.1 Å². The summed E-state index contributed by atoms with van der Waals surface area (Å²) in [6, 6.07) is 10.0. The van der Waals surface area contributed by atoms with Gasteiger partial charge in [-0.1, -0.05) is 35.0 Å². The number of benzene rings is 2. The number of piperazine rings is 1. The maximum absolute atomic E-state index is 6.63. The van der Waals surface area contributed by atoms with Crippen molar-refractivity contribution in [1.29, 1.82) is 5.53 Å². The number of likely N-dealkylation sites (N-methyl/N-ethyl adjacent to an activating group) is 1. The minimum Gasteiger partial charge on any atom is -0.494 e. The van der Waals surface area contributed by atoms with E-state index < -0.39 is 0 Å². The van der Waals surface area contributed by atoms with Crippen molar-refractivity contribution in [2.75, 3.05) is 64.5 Å². The van der Waals surface area contributed by atoms with Crippen LogP contribution in [0.4, 0.5) is 17.3 Å². The van der Waals surface area contributed by atoms with Crippen LogP contribution < -0.4 is 26.4 Å². The Morgan fingerprint density at radius 1 is 0.806 bits per heavy atom. The minimum absolute atomic E-state index is 0.405. The maximum Gasteiger partial charge on any atom is 0.227 e. The Kier molecular flexibility index (Phi) is 17.9. The van der Waals surface area contributed by atoms with Crippen LogP contribution in [0.15, 0.2) is 152 Å². The van der Waals surface area contributed by atoms with Crippen LogP contribution in [0.5, 0.6) is 11.5 Å². The lowest BCUT2D eigenvalue weighted by molar-refractivity contribution is 0.134. The molecule has 0 unspecified atom stereocenters. The van der Waals surface area contributed by atoms with Crippen molar-refractivity contribution in [2.24, 2.45) is 116 Å². The molecular formula is C29H37ClN30O2. The van der Waals surface area contributed by atoms with Gasteiger partial charge >= 0.3 is 0 Å². The van der Waals surface area contributed by atoms with Crippen LogP contribution >= 0.6 is 11.6 Å². The Labute approximate surface area is 354 Å². The van der Waals surface area contributed by atoms with Crippen LogP contribution in [-0.2, 0) is 13.0 Å². The zero-order valence-corrected chi connectivity index (χ0v) is 33.6. The molecule has 0 bridgehead atoms. The molecule has 32 nitrogen and oxygen atoms in total. The van der Waals surface area contributed by atoms with Gasteiger partial charge in [0.15, 0.2) is 0 Å².